The van der Waals surface area contributed by atoms with E-state index in [9.17, 15) is 9.18 Å². The Hall–Kier alpha value is -3.85. The Morgan fingerprint density at radius 3 is 2.62 bits per heavy atom. The second-order valence-electron chi connectivity index (χ2n) is 8.39. The van der Waals surface area contributed by atoms with Gasteiger partial charge >= 0.3 is 0 Å². The highest BCUT2D eigenvalue weighted by atomic mass is 32.1. The van der Waals surface area contributed by atoms with Crippen LogP contribution in [-0.4, -0.2) is 56.1 Å². The maximum Gasteiger partial charge on any atom is 0.254 e. The van der Waals surface area contributed by atoms with Crippen molar-refractivity contribution in [1.29, 1.82) is 0 Å². The maximum atomic E-state index is 13.3. The average Bonchev–Trinajstić information content (AvgIpc) is 3.54. The molecule has 34 heavy (non-hydrogen) atoms. The van der Waals surface area contributed by atoms with Crippen LogP contribution >= 0.6 is 11.3 Å². The fourth-order valence-corrected chi connectivity index (χ4v) is 5.24. The van der Waals surface area contributed by atoms with Crippen LogP contribution in [0.3, 0.4) is 0 Å². The Morgan fingerprint density at radius 2 is 1.85 bits per heavy atom. The van der Waals surface area contributed by atoms with E-state index >= 15 is 0 Å². The van der Waals surface area contributed by atoms with Crippen molar-refractivity contribution < 1.29 is 9.18 Å². The molecular formula is C25H21FN6OS. The Labute approximate surface area is 199 Å². The number of carbonyl (C=O) groups excluding carboxylic acids is 1. The number of benzene rings is 2. The smallest absolute Gasteiger partial charge is 0.254 e. The fraction of sp³-hybridized carbons (Fsp3) is 0.200. The van der Waals surface area contributed by atoms with E-state index in [1.807, 2.05) is 58.0 Å². The van der Waals surface area contributed by atoms with Gasteiger partial charge in [0.1, 0.15) is 5.82 Å². The van der Waals surface area contributed by atoms with Crippen LogP contribution in [0.15, 0.2) is 66.0 Å². The van der Waals surface area contributed by atoms with Crippen LogP contribution in [0.25, 0.3) is 27.3 Å². The first kappa shape index (κ1) is 20.7. The maximum absolute atomic E-state index is 13.3. The van der Waals surface area contributed by atoms with Gasteiger partial charge in [0.25, 0.3) is 5.91 Å². The van der Waals surface area contributed by atoms with E-state index in [2.05, 4.69) is 15.1 Å². The zero-order valence-electron chi connectivity index (χ0n) is 18.4. The van der Waals surface area contributed by atoms with Crippen LogP contribution in [0.4, 0.5) is 10.3 Å². The van der Waals surface area contributed by atoms with Gasteiger partial charge in [-0.3, -0.25) is 4.79 Å². The van der Waals surface area contributed by atoms with E-state index < -0.39 is 0 Å². The number of rotatable bonds is 3. The third kappa shape index (κ3) is 3.40. The monoisotopic (exact) mass is 472 g/mol. The largest absolute Gasteiger partial charge is 0.338 e. The quantitative estimate of drug-likeness (QED) is 0.387. The topological polar surface area (TPSA) is 66.6 Å². The van der Waals surface area contributed by atoms with Crippen molar-refractivity contribution >= 4 is 39.7 Å². The van der Waals surface area contributed by atoms with Crippen LogP contribution in [0, 0.1) is 5.82 Å². The minimum absolute atomic E-state index is 0.0590. The molecule has 1 atom stereocenters. The fourth-order valence-electron chi connectivity index (χ4n) is 4.54. The highest BCUT2D eigenvalue weighted by Gasteiger charge is 2.31. The van der Waals surface area contributed by atoms with Crippen LogP contribution in [0.2, 0.25) is 0 Å². The Bertz CT molecular complexity index is 1500. The summed E-state index contributed by atoms with van der Waals surface area (Å²) < 4.78 is 15.3. The predicted octanol–water partition coefficient (Wildman–Crippen LogP) is 4.50. The van der Waals surface area contributed by atoms with Gasteiger partial charge in [-0.05, 0) is 54.8 Å². The van der Waals surface area contributed by atoms with Gasteiger partial charge in [0, 0.05) is 36.6 Å². The first-order chi connectivity index (χ1) is 16.6. The van der Waals surface area contributed by atoms with E-state index in [1.165, 1.54) is 24.3 Å². The second-order valence-corrected chi connectivity index (χ2v) is 9.34. The van der Waals surface area contributed by atoms with E-state index in [4.69, 9.17) is 4.98 Å². The first-order valence-corrected chi connectivity index (χ1v) is 12.0. The number of thiophene rings is 1. The lowest BCUT2D eigenvalue weighted by Crippen LogP contribution is -2.54. The van der Waals surface area contributed by atoms with Gasteiger partial charge in [0.15, 0.2) is 11.5 Å². The lowest BCUT2D eigenvalue weighted by Gasteiger charge is -2.40. The number of anilines is 1. The molecule has 1 aliphatic heterocycles. The number of halogens is 1. The number of amides is 1. The summed E-state index contributed by atoms with van der Waals surface area (Å²) in [7, 11) is 0. The molecule has 2 aromatic carbocycles. The molecule has 0 aliphatic carbocycles. The van der Waals surface area contributed by atoms with Gasteiger partial charge in [0.2, 0.25) is 5.95 Å². The molecule has 0 bridgehead atoms. The second kappa shape index (κ2) is 8.18. The molecule has 0 spiro atoms. The normalized spacial score (nSPS) is 16.5. The third-order valence-corrected chi connectivity index (χ3v) is 7.10. The van der Waals surface area contributed by atoms with E-state index in [0.717, 1.165) is 33.2 Å². The van der Waals surface area contributed by atoms with Crippen molar-refractivity contribution in [1.82, 2.24) is 24.5 Å². The highest BCUT2D eigenvalue weighted by Crippen LogP contribution is 2.31. The lowest BCUT2D eigenvalue weighted by molar-refractivity contribution is 0.0673. The molecule has 0 N–H and O–H groups in total. The molecule has 1 aliphatic rings. The lowest BCUT2D eigenvalue weighted by atomic mass is 10.1. The Balaban J connectivity index is 1.39. The summed E-state index contributed by atoms with van der Waals surface area (Å²) in [4.78, 5) is 23.1. The average molecular weight is 473 g/mol. The van der Waals surface area contributed by atoms with E-state index in [-0.39, 0.29) is 17.8 Å². The zero-order valence-corrected chi connectivity index (χ0v) is 19.2. The third-order valence-electron chi connectivity index (χ3n) is 6.23. The minimum Gasteiger partial charge on any atom is -0.338 e. The zero-order chi connectivity index (χ0) is 23.2. The number of fused-ring (bicyclic) bond motifs is 3. The standard InChI is InChI=1S/C25H21FN6OS/c1-16-15-30(12-13-31(16)24(33)17-8-10-18(26)11-9-17)25-27-20-6-3-2-5-19(20)22-28-29-23(32(22)25)21-7-4-14-34-21/h2-11,14,16H,12-13,15H2,1H3. The molecule has 1 fully saturated rings. The molecule has 170 valence electrons. The van der Waals surface area contributed by atoms with Crippen LogP contribution in [-0.2, 0) is 0 Å². The summed E-state index contributed by atoms with van der Waals surface area (Å²) in [6, 6.07) is 17.6. The molecule has 7 nitrogen and oxygen atoms in total. The number of hydrogen-bond acceptors (Lipinski definition) is 6. The van der Waals surface area contributed by atoms with Crippen molar-refractivity contribution in [2.24, 2.45) is 0 Å². The molecule has 6 rings (SSSR count). The van der Waals surface area contributed by atoms with Crippen molar-refractivity contribution in [3.63, 3.8) is 0 Å². The highest BCUT2D eigenvalue weighted by molar-refractivity contribution is 7.13. The SMILES string of the molecule is CC1CN(c2nc3ccccc3c3nnc(-c4cccs4)n23)CCN1C(=O)c1ccc(F)cc1. The summed E-state index contributed by atoms with van der Waals surface area (Å²) in [5.74, 6) is 1.09. The molecule has 9 heteroatoms. The van der Waals surface area contributed by atoms with Gasteiger partial charge in [-0.2, -0.15) is 0 Å². The van der Waals surface area contributed by atoms with E-state index in [1.54, 1.807) is 11.3 Å². The minimum atomic E-state index is -0.351. The van der Waals surface area contributed by atoms with Crippen molar-refractivity contribution in [2.75, 3.05) is 24.5 Å². The first-order valence-electron chi connectivity index (χ1n) is 11.1. The van der Waals surface area contributed by atoms with Crippen LogP contribution in [0.5, 0.6) is 0 Å². The summed E-state index contributed by atoms with van der Waals surface area (Å²) in [6.45, 7) is 3.78. The molecule has 1 unspecified atom stereocenters. The summed E-state index contributed by atoms with van der Waals surface area (Å²) in [6.07, 6.45) is 0. The Morgan fingerprint density at radius 1 is 1.03 bits per heavy atom. The number of para-hydroxylation sites is 1. The molecule has 1 amide bonds. The number of hydrogen-bond donors (Lipinski definition) is 0. The van der Waals surface area contributed by atoms with Crippen molar-refractivity contribution in [2.45, 2.75) is 13.0 Å². The van der Waals surface area contributed by atoms with Crippen LogP contribution < -0.4 is 4.90 Å². The molecular weight excluding hydrogens is 451 g/mol. The molecule has 1 saturated heterocycles. The molecule has 3 aromatic heterocycles. The van der Waals surface area contributed by atoms with Gasteiger partial charge in [0.05, 0.1) is 10.4 Å². The molecule has 0 radical (unpaired) electrons. The van der Waals surface area contributed by atoms with Gasteiger partial charge in [-0.1, -0.05) is 18.2 Å². The Kier molecular flexibility index (Phi) is 4.99. The van der Waals surface area contributed by atoms with E-state index in [0.29, 0.717) is 25.2 Å². The number of nitrogens with zero attached hydrogens (tertiary/aromatic N) is 6. The summed E-state index contributed by atoms with van der Waals surface area (Å²) in [5.41, 5.74) is 2.11. The number of piperazine rings is 1. The molecule has 4 heterocycles. The van der Waals surface area contributed by atoms with Crippen molar-refractivity contribution in [3.05, 3.63) is 77.4 Å². The summed E-state index contributed by atoms with van der Waals surface area (Å²) in [5, 5.41) is 12.0. The molecule has 5 aromatic rings. The van der Waals surface area contributed by atoms with Gasteiger partial charge in [-0.15, -0.1) is 21.5 Å². The predicted molar refractivity (Wildman–Crippen MR) is 131 cm³/mol. The van der Waals surface area contributed by atoms with Crippen molar-refractivity contribution in [3.8, 4) is 10.7 Å². The van der Waals surface area contributed by atoms with Gasteiger partial charge < -0.3 is 9.80 Å². The number of carbonyl (C=O) groups is 1. The number of aromatic nitrogens is 4. The van der Waals surface area contributed by atoms with Gasteiger partial charge in [-0.25, -0.2) is 13.8 Å². The molecule has 0 saturated carbocycles. The summed E-state index contributed by atoms with van der Waals surface area (Å²) >= 11 is 1.61. The van der Waals surface area contributed by atoms with Crippen LogP contribution in [0.1, 0.15) is 17.3 Å².